The number of anilines is 2. The predicted octanol–water partition coefficient (Wildman–Crippen LogP) is 9.53. The van der Waals surface area contributed by atoms with Gasteiger partial charge >= 0.3 is 0 Å². The number of nitrogens with one attached hydrogen (secondary N) is 1. The van der Waals surface area contributed by atoms with E-state index in [2.05, 4.69) is 94.4 Å². The van der Waals surface area contributed by atoms with Gasteiger partial charge in [-0.3, -0.25) is 4.79 Å². The highest BCUT2D eigenvalue weighted by molar-refractivity contribution is 8.08. The summed E-state index contributed by atoms with van der Waals surface area (Å²) in [6.07, 6.45) is 0. The molecule has 0 aliphatic carbocycles. The minimum atomic E-state index is -0.162. The highest BCUT2D eigenvalue weighted by atomic mass is 32.2. The standard InChI is InChI=1S/C36H38N2OS/c1-8-38(9-2)31-20-21-32(26(5)23-31)27(6)33-12-10-11-13-34(33)36(39)37-30-18-16-29(17-19-30)28(7)40-35-22-24(3)14-15-25(35)4/h10-23H,6-9H2,1-5H3,(H,37,39). The van der Waals surface area contributed by atoms with Gasteiger partial charge in [-0.15, -0.1) is 0 Å². The number of nitrogens with zero attached hydrogens (tertiary/aromatic N) is 1. The summed E-state index contributed by atoms with van der Waals surface area (Å²) in [6.45, 7) is 21.2. The summed E-state index contributed by atoms with van der Waals surface area (Å²) in [5, 5.41) is 3.07. The first kappa shape index (κ1) is 29.0. The fourth-order valence-electron chi connectivity index (χ4n) is 4.81. The van der Waals surface area contributed by atoms with Crippen LogP contribution in [0.5, 0.6) is 0 Å². The van der Waals surface area contributed by atoms with Crippen molar-refractivity contribution in [2.45, 2.75) is 39.5 Å². The lowest BCUT2D eigenvalue weighted by atomic mass is 9.92. The molecule has 1 amide bonds. The van der Waals surface area contributed by atoms with Crippen LogP contribution in [0.25, 0.3) is 10.5 Å². The number of amides is 1. The first-order valence-electron chi connectivity index (χ1n) is 13.7. The van der Waals surface area contributed by atoms with Crippen molar-refractivity contribution in [2.24, 2.45) is 0 Å². The molecular weight excluding hydrogens is 508 g/mol. The van der Waals surface area contributed by atoms with Gasteiger partial charge in [-0.05, 0) is 110 Å². The van der Waals surface area contributed by atoms with E-state index >= 15 is 0 Å². The SMILES string of the molecule is C=C(Sc1cc(C)ccc1C)c1ccc(NC(=O)c2ccccc2C(=C)c2ccc(N(CC)CC)cc2C)cc1. The average molecular weight is 547 g/mol. The van der Waals surface area contributed by atoms with Crippen LogP contribution >= 0.6 is 11.8 Å². The quantitative estimate of drug-likeness (QED) is 0.201. The fourth-order valence-corrected chi connectivity index (χ4v) is 5.80. The smallest absolute Gasteiger partial charge is 0.256 e. The van der Waals surface area contributed by atoms with E-state index in [0.717, 1.165) is 51.5 Å². The minimum absolute atomic E-state index is 0.162. The summed E-state index contributed by atoms with van der Waals surface area (Å²) < 4.78 is 0. The van der Waals surface area contributed by atoms with Crippen molar-refractivity contribution in [1.82, 2.24) is 0 Å². The summed E-state index contributed by atoms with van der Waals surface area (Å²) in [4.78, 5) is 17.9. The highest BCUT2D eigenvalue weighted by Gasteiger charge is 2.16. The molecule has 0 radical (unpaired) electrons. The Morgan fingerprint density at radius 2 is 1.45 bits per heavy atom. The van der Waals surface area contributed by atoms with Crippen LogP contribution < -0.4 is 10.2 Å². The molecule has 204 valence electrons. The molecule has 0 bridgehead atoms. The zero-order valence-corrected chi connectivity index (χ0v) is 25.0. The number of hydrogen-bond donors (Lipinski definition) is 1. The second-order valence-corrected chi connectivity index (χ2v) is 11.2. The first-order valence-corrected chi connectivity index (χ1v) is 14.5. The summed E-state index contributed by atoms with van der Waals surface area (Å²) >= 11 is 1.67. The number of benzene rings is 4. The van der Waals surface area contributed by atoms with E-state index in [1.54, 1.807) is 11.8 Å². The van der Waals surface area contributed by atoms with E-state index in [1.807, 2.05) is 48.5 Å². The Morgan fingerprint density at radius 3 is 2.10 bits per heavy atom. The molecule has 1 N–H and O–H groups in total. The molecule has 3 nitrogen and oxygen atoms in total. The molecule has 4 heteroatoms. The van der Waals surface area contributed by atoms with Gasteiger partial charge in [0.2, 0.25) is 0 Å². The largest absolute Gasteiger partial charge is 0.372 e. The lowest BCUT2D eigenvalue weighted by Crippen LogP contribution is -2.21. The fraction of sp³-hybridized carbons (Fsp3) is 0.194. The van der Waals surface area contributed by atoms with Gasteiger partial charge in [-0.2, -0.15) is 0 Å². The lowest BCUT2D eigenvalue weighted by molar-refractivity contribution is 0.102. The second kappa shape index (κ2) is 12.9. The molecule has 0 unspecified atom stereocenters. The molecule has 0 saturated heterocycles. The maximum absolute atomic E-state index is 13.4. The minimum Gasteiger partial charge on any atom is -0.372 e. The third-order valence-corrected chi connectivity index (χ3v) is 8.34. The van der Waals surface area contributed by atoms with Crippen LogP contribution in [0.3, 0.4) is 0 Å². The summed E-state index contributed by atoms with van der Waals surface area (Å²) in [7, 11) is 0. The third kappa shape index (κ3) is 6.57. The second-order valence-electron chi connectivity index (χ2n) is 10.0. The Bertz CT molecular complexity index is 1550. The normalized spacial score (nSPS) is 10.7. The summed E-state index contributed by atoms with van der Waals surface area (Å²) in [6, 6.07) is 28.4. The van der Waals surface area contributed by atoms with E-state index < -0.39 is 0 Å². The van der Waals surface area contributed by atoms with Crippen LogP contribution in [-0.4, -0.2) is 19.0 Å². The van der Waals surface area contributed by atoms with E-state index in [9.17, 15) is 4.79 Å². The van der Waals surface area contributed by atoms with Crippen LogP contribution in [-0.2, 0) is 0 Å². The van der Waals surface area contributed by atoms with Crippen LogP contribution in [0.4, 0.5) is 11.4 Å². The monoisotopic (exact) mass is 546 g/mol. The summed E-state index contributed by atoms with van der Waals surface area (Å²) in [5.41, 5.74) is 9.87. The number of hydrogen-bond acceptors (Lipinski definition) is 3. The van der Waals surface area contributed by atoms with Gasteiger partial charge in [0.15, 0.2) is 0 Å². The van der Waals surface area contributed by atoms with Crippen molar-refractivity contribution >= 4 is 39.5 Å². The molecule has 0 atom stereocenters. The van der Waals surface area contributed by atoms with Crippen molar-refractivity contribution in [3.63, 3.8) is 0 Å². The van der Waals surface area contributed by atoms with Crippen molar-refractivity contribution < 1.29 is 4.79 Å². The molecule has 4 rings (SSSR count). The van der Waals surface area contributed by atoms with Crippen LogP contribution in [0, 0.1) is 20.8 Å². The van der Waals surface area contributed by atoms with Crippen molar-refractivity contribution in [3.05, 3.63) is 137 Å². The molecule has 0 spiro atoms. The molecular formula is C36H38N2OS. The Hall–Kier alpha value is -4.02. The van der Waals surface area contributed by atoms with Gasteiger partial charge < -0.3 is 10.2 Å². The molecule has 0 saturated carbocycles. The van der Waals surface area contributed by atoms with Gasteiger partial charge in [0.1, 0.15) is 0 Å². The zero-order chi connectivity index (χ0) is 28.8. The van der Waals surface area contributed by atoms with Gasteiger partial charge in [0, 0.05) is 39.8 Å². The topological polar surface area (TPSA) is 32.3 Å². The molecule has 0 fully saturated rings. The first-order chi connectivity index (χ1) is 19.2. The Kier molecular flexibility index (Phi) is 9.34. The van der Waals surface area contributed by atoms with Gasteiger partial charge in [0.25, 0.3) is 5.91 Å². The predicted molar refractivity (Wildman–Crippen MR) is 175 cm³/mol. The van der Waals surface area contributed by atoms with Crippen LogP contribution in [0.15, 0.2) is 103 Å². The molecule has 4 aromatic rings. The molecule has 0 aliphatic rings. The Labute approximate surface area is 243 Å². The number of carbonyl (C=O) groups excluding carboxylic acids is 1. The van der Waals surface area contributed by atoms with Crippen LogP contribution in [0.2, 0.25) is 0 Å². The van der Waals surface area contributed by atoms with Crippen molar-refractivity contribution in [2.75, 3.05) is 23.3 Å². The number of rotatable bonds is 10. The molecule has 4 aromatic carbocycles. The van der Waals surface area contributed by atoms with Crippen molar-refractivity contribution in [3.8, 4) is 0 Å². The Balaban J connectivity index is 1.50. The third-order valence-electron chi connectivity index (χ3n) is 7.20. The summed E-state index contributed by atoms with van der Waals surface area (Å²) in [5.74, 6) is -0.162. The van der Waals surface area contributed by atoms with E-state index in [-0.39, 0.29) is 5.91 Å². The van der Waals surface area contributed by atoms with Gasteiger partial charge in [0.05, 0.1) is 0 Å². The number of thioether (sulfide) groups is 1. The zero-order valence-electron chi connectivity index (χ0n) is 24.2. The van der Waals surface area contributed by atoms with Crippen LogP contribution in [0.1, 0.15) is 57.6 Å². The number of carbonyl (C=O) groups is 1. The molecule has 40 heavy (non-hydrogen) atoms. The molecule has 0 aliphatic heterocycles. The lowest BCUT2D eigenvalue weighted by Gasteiger charge is -2.23. The van der Waals surface area contributed by atoms with E-state index in [1.165, 1.54) is 21.7 Å². The molecule has 0 aromatic heterocycles. The molecule has 0 heterocycles. The Morgan fingerprint density at radius 1 is 0.775 bits per heavy atom. The average Bonchev–Trinajstić information content (AvgIpc) is 2.95. The van der Waals surface area contributed by atoms with E-state index in [0.29, 0.717) is 5.56 Å². The maximum Gasteiger partial charge on any atom is 0.256 e. The number of aryl methyl sites for hydroxylation is 3. The van der Waals surface area contributed by atoms with Crippen molar-refractivity contribution in [1.29, 1.82) is 0 Å². The highest BCUT2D eigenvalue weighted by Crippen LogP contribution is 2.36. The van der Waals surface area contributed by atoms with Gasteiger partial charge in [-0.1, -0.05) is 73.5 Å². The van der Waals surface area contributed by atoms with E-state index in [4.69, 9.17) is 0 Å². The van der Waals surface area contributed by atoms with Gasteiger partial charge in [-0.25, -0.2) is 0 Å². The maximum atomic E-state index is 13.4.